The summed E-state index contributed by atoms with van der Waals surface area (Å²) >= 11 is 0. The molecule has 0 unspecified atom stereocenters. The highest BCUT2D eigenvalue weighted by molar-refractivity contribution is 6.00. The molecule has 4 rings (SSSR count). The maximum atomic E-state index is 14.2. The molecule has 11 nitrogen and oxygen atoms in total. The zero-order chi connectivity index (χ0) is 27.7. The second kappa shape index (κ2) is 10.1. The quantitative estimate of drug-likeness (QED) is 0.294. The predicted octanol–water partition coefficient (Wildman–Crippen LogP) is 3.00. The number of carbonyl (C=O) groups is 1. The number of hydrogen-bond acceptors (Lipinski definition) is 8. The molecule has 3 N–H and O–H groups in total. The van der Waals surface area contributed by atoms with Crippen molar-refractivity contribution in [1.82, 2.24) is 34.7 Å². The molecule has 1 amide bonds. The Morgan fingerprint density at radius 1 is 1.16 bits per heavy atom. The Hall–Kier alpha value is -4.58. The SMILES string of the molecule is CC(C)(O)[C@H](F)CNC(=O)c1cnc(-c2cnc3cc(C#N)cnn23)cc1Nc1cnn(CC(F)(F)F)c1. The summed E-state index contributed by atoms with van der Waals surface area (Å²) in [7, 11) is 0. The predicted molar refractivity (Wildman–Crippen MR) is 126 cm³/mol. The third kappa shape index (κ3) is 6.03. The first-order valence-electron chi connectivity index (χ1n) is 11.1. The van der Waals surface area contributed by atoms with E-state index in [1.165, 1.54) is 49.1 Å². The van der Waals surface area contributed by atoms with Crippen LogP contribution in [0.1, 0.15) is 29.8 Å². The van der Waals surface area contributed by atoms with Crippen LogP contribution in [-0.4, -0.2) is 64.9 Å². The van der Waals surface area contributed by atoms with E-state index >= 15 is 0 Å². The number of nitrogens with one attached hydrogen (secondary N) is 2. The summed E-state index contributed by atoms with van der Waals surface area (Å²) < 4.78 is 54.5. The third-order valence-electron chi connectivity index (χ3n) is 5.36. The van der Waals surface area contributed by atoms with Crippen LogP contribution in [0.2, 0.25) is 0 Å². The summed E-state index contributed by atoms with van der Waals surface area (Å²) in [6, 6.07) is 4.93. The number of imidazole rings is 1. The van der Waals surface area contributed by atoms with Gasteiger partial charge in [0.25, 0.3) is 5.91 Å². The van der Waals surface area contributed by atoms with E-state index < -0.39 is 36.9 Å². The van der Waals surface area contributed by atoms with Gasteiger partial charge in [0, 0.05) is 18.5 Å². The minimum absolute atomic E-state index is 0.0474. The summed E-state index contributed by atoms with van der Waals surface area (Å²) in [6.07, 6.45) is 0.00574. The van der Waals surface area contributed by atoms with Gasteiger partial charge in [0.1, 0.15) is 24.5 Å². The molecule has 0 saturated heterocycles. The maximum Gasteiger partial charge on any atom is 0.408 e. The molecule has 198 valence electrons. The monoisotopic (exact) mass is 531 g/mol. The first kappa shape index (κ1) is 26.5. The van der Waals surface area contributed by atoms with Gasteiger partial charge in [-0.15, -0.1) is 0 Å². The van der Waals surface area contributed by atoms with Crippen molar-refractivity contribution in [1.29, 1.82) is 5.26 Å². The number of pyridine rings is 1. The molecule has 4 aromatic heterocycles. The molecular weight excluding hydrogens is 510 g/mol. The lowest BCUT2D eigenvalue weighted by atomic mass is 10.0. The minimum atomic E-state index is -4.48. The topological polar surface area (TPSA) is 146 Å². The van der Waals surface area contributed by atoms with E-state index in [0.29, 0.717) is 21.6 Å². The average Bonchev–Trinajstić information content (AvgIpc) is 3.46. The molecule has 15 heteroatoms. The van der Waals surface area contributed by atoms with E-state index in [9.17, 15) is 27.5 Å². The Balaban J connectivity index is 1.69. The van der Waals surface area contributed by atoms with Gasteiger partial charge in [-0.3, -0.25) is 14.5 Å². The molecule has 0 aliphatic rings. The molecule has 1 atom stereocenters. The van der Waals surface area contributed by atoms with Gasteiger partial charge in [0.15, 0.2) is 5.65 Å². The van der Waals surface area contributed by atoms with Crippen LogP contribution in [-0.2, 0) is 6.54 Å². The number of hydrogen-bond donors (Lipinski definition) is 3. The highest BCUT2D eigenvalue weighted by Gasteiger charge is 2.29. The smallest absolute Gasteiger partial charge is 0.387 e. The molecule has 0 bridgehead atoms. The lowest BCUT2D eigenvalue weighted by molar-refractivity contribution is -0.142. The van der Waals surface area contributed by atoms with Gasteiger partial charge in [-0.05, 0) is 19.9 Å². The fraction of sp³-hybridized carbons (Fsp3) is 0.304. The molecular formula is C23H21F4N9O2. The van der Waals surface area contributed by atoms with Crippen LogP contribution in [0.25, 0.3) is 17.0 Å². The Kier molecular flexibility index (Phi) is 7.01. The van der Waals surface area contributed by atoms with Crippen LogP contribution in [0.5, 0.6) is 0 Å². The zero-order valence-corrected chi connectivity index (χ0v) is 20.0. The maximum absolute atomic E-state index is 14.2. The number of carbonyl (C=O) groups excluding carboxylic acids is 1. The number of fused-ring (bicyclic) bond motifs is 1. The van der Waals surface area contributed by atoms with Crippen molar-refractivity contribution in [2.45, 2.75) is 38.3 Å². The first-order valence-corrected chi connectivity index (χ1v) is 11.1. The third-order valence-corrected chi connectivity index (χ3v) is 5.36. The number of aliphatic hydroxyl groups is 1. The van der Waals surface area contributed by atoms with E-state index in [1.54, 1.807) is 0 Å². The number of nitrogens with zero attached hydrogens (tertiary/aromatic N) is 7. The molecule has 0 saturated carbocycles. The summed E-state index contributed by atoms with van der Waals surface area (Å²) in [4.78, 5) is 21.4. The van der Waals surface area contributed by atoms with Crippen molar-refractivity contribution >= 4 is 22.9 Å². The Bertz CT molecular complexity index is 1520. The fourth-order valence-electron chi connectivity index (χ4n) is 3.37. The van der Waals surface area contributed by atoms with Gasteiger partial charge in [-0.2, -0.15) is 28.6 Å². The molecule has 4 aromatic rings. The van der Waals surface area contributed by atoms with Crippen LogP contribution >= 0.6 is 0 Å². The van der Waals surface area contributed by atoms with Crippen molar-refractivity contribution in [3.8, 4) is 17.5 Å². The standard InChI is InChI=1S/C23H21F4N9O2/c1-22(2,38)19(24)10-31-21(37)15-8-29-17(18-9-30-20-3-13(5-28)6-33-36(18)20)4-16(15)34-14-7-32-35(11-14)12-23(25,26)27/h3-4,6-9,11,19,38H,10,12H2,1-2H3,(H,29,34)(H,31,37)/t19-/m1/s1. The Morgan fingerprint density at radius 2 is 1.92 bits per heavy atom. The summed E-state index contributed by atoms with van der Waals surface area (Å²) in [5.74, 6) is -0.740. The zero-order valence-electron chi connectivity index (χ0n) is 20.0. The van der Waals surface area contributed by atoms with E-state index in [1.807, 2.05) is 6.07 Å². The van der Waals surface area contributed by atoms with Crippen molar-refractivity contribution in [2.75, 3.05) is 11.9 Å². The van der Waals surface area contributed by atoms with Crippen LogP contribution in [0.15, 0.2) is 43.1 Å². The van der Waals surface area contributed by atoms with Crippen LogP contribution < -0.4 is 10.6 Å². The number of halogens is 4. The average molecular weight is 531 g/mol. The van der Waals surface area contributed by atoms with Gasteiger partial charge in [0.05, 0.1) is 58.9 Å². The highest BCUT2D eigenvalue weighted by atomic mass is 19.4. The van der Waals surface area contributed by atoms with E-state index in [2.05, 4.69) is 30.8 Å². The second-order valence-electron chi connectivity index (χ2n) is 8.88. The lowest BCUT2D eigenvalue weighted by Crippen LogP contribution is -2.42. The van der Waals surface area contributed by atoms with Gasteiger partial charge >= 0.3 is 6.18 Å². The molecule has 0 radical (unpaired) electrons. The van der Waals surface area contributed by atoms with Gasteiger partial charge in [0.2, 0.25) is 0 Å². The van der Waals surface area contributed by atoms with Crippen LogP contribution in [0.4, 0.5) is 28.9 Å². The Labute approximate surface area is 212 Å². The van der Waals surface area contributed by atoms with Gasteiger partial charge in [-0.25, -0.2) is 13.9 Å². The molecule has 4 heterocycles. The number of amides is 1. The van der Waals surface area contributed by atoms with Crippen molar-refractivity contribution < 1.29 is 27.5 Å². The number of rotatable bonds is 8. The highest BCUT2D eigenvalue weighted by Crippen LogP contribution is 2.27. The fourth-order valence-corrected chi connectivity index (χ4v) is 3.37. The van der Waals surface area contributed by atoms with E-state index in [-0.39, 0.29) is 22.6 Å². The molecule has 0 aliphatic carbocycles. The van der Waals surface area contributed by atoms with Crippen molar-refractivity contribution in [3.05, 3.63) is 54.2 Å². The second-order valence-corrected chi connectivity index (χ2v) is 8.88. The van der Waals surface area contributed by atoms with Gasteiger partial charge < -0.3 is 15.7 Å². The number of aromatic nitrogens is 6. The molecule has 0 fully saturated rings. The van der Waals surface area contributed by atoms with Gasteiger partial charge in [-0.1, -0.05) is 0 Å². The minimum Gasteiger partial charge on any atom is -0.387 e. The summed E-state index contributed by atoms with van der Waals surface area (Å²) in [5.41, 5.74) is -0.110. The largest absolute Gasteiger partial charge is 0.408 e. The van der Waals surface area contributed by atoms with Crippen LogP contribution in [0, 0.1) is 11.3 Å². The molecule has 38 heavy (non-hydrogen) atoms. The summed E-state index contributed by atoms with van der Waals surface area (Å²) in [5, 5.41) is 32.0. The number of nitriles is 1. The van der Waals surface area contributed by atoms with E-state index in [4.69, 9.17) is 5.26 Å². The normalized spacial score (nSPS) is 12.8. The molecule has 0 spiro atoms. The Morgan fingerprint density at radius 3 is 2.61 bits per heavy atom. The molecule has 0 aromatic carbocycles. The van der Waals surface area contributed by atoms with Crippen molar-refractivity contribution in [2.24, 2.45) is 0 Å². The lowest BCUT2D eigenvalue weighted by Gasteiger charge is -2.22. The summed E-state index contributed by atoms with van der Waals surface area (Å²) in [6.45, 7) is 0.715. The molecule has 0 aliphatic heterocycles. The first-order chi connectivity index (χ1) is 17.8. The number of anilines is 2. The number of alkyl halides is 4. The van der Waals surface area contributed by atoms with E-state index in [0.717, 1.165) is 12.4 Å². The van der Waals surface area contributed by atoms with Crippen LogP contribution in [0.3, 0.4) is 0 Å². The van der Waals surface area contributed by atoms with Crippen molar-refractivity contribution in [3.63, 3.8) is 0 Å².